The Bertz CT molecular complexity index is 673. The zero-order valence-corrected chi connectivity index (χ0v) is 13.8. The van der Waals surface area contributed by atoms with Crippen molar-refractivity contribution in [3.8, 4) is 0 Å². The number of carbonyl (C=O) groups is 1. The zero-order valence-electron chi connectivity index (χ0n) is 12.2. The van der Waals surface area contributed by atoms with Gasteiger partial charge < -0.3 is 10.6 Å². The number of nitrogens with zero attached hydrogens (tertiary/aromatic N) is 2. The quantitative estimate of drug-likeness (QED) is 0.886. The number of carbonyl (C=O) groups excluding carboxylic acids is 1. The molecular weight excluding hydrogens is 332 g/mol. The minimum absolute atomic E-state index is 0.214. The molecule has 0 spiro atoms. The normalized spacial score (nSPS) is 10.3. The van der Waals surface area contributed by atoms with Gasteiger partial charge in [-0.25, -0.2) is 4.98 Å². The maximum atomic E-state index is 12.5. The van der Waals surface area contributed by atoms with Crippen molar-refractivity contribution in [2.45, 2.75) is 20.8 Å². The van der Waals surface area contributed by atoms with E-state index in [4.69, 9.17) is 0 Å². The smallest absolute Gasteiger partial charge is 0.259 e. The molecule has 0 atom stereocenters. The molecule has 2 aromatic rings. The number of nitrogens with one attached hydrogen (secondary N) is 2. The van der Waals surface area contributed by atoms with E-state index in [0.29, 0.717) is 23.6 Å². The molecular formula is C15H17BrN4O. The average molecular weight is 349 g/mol. The second kappa shape index (κ2) is 6.67. The highest BCUT2D eigenvalue weighted by Crippen LogP contribution is 2.20. The van der Waals surface area contributed by atoms with E-state index in [1.165, 1.54) is 0 Å². The van der Waals surface area contributed by atoms with Gasteiger partial charge in [0.15, 0.2) is 0 Å². The molecule has 1 amide bonds. The Morgan fingerprint density at radius 2 is 2.10 bits per heavy atom. The summed E-state index contributed by atoms with van der Waals surface area (Å²) in [5, 5.41) is 5.96. The highest BCUT2D eigenvalue weighted by Gasteiger charge is 2.14. The SMILES string of the molecule is CCNc1ncc(Br)cc1C(=O)Nc1ccc(C)nc1C. The van der Waals surface area contributed by atoms with E-state index in [2.05, 4.69) is 36.5 Å². The summed E-state index contributed by atoms with van der Waals surface area (Å²) in [7, 11) is 0. The van der Waals surface area contributed by atoms with E-state index < -0.39 is 0 Å². The molecule has 2 heterocycles. The molecule has 2 N–H and O–H groups in total. The van der Waals surface area contributed by atoms with Gasteiger partial charge in [0.1, 0.15) is 5.82 Å². The Labute approximate surface area is 132 Å². The van der Waals surface area contributed by atoms with Gasteiger partial charge in [-0.2, -0.15) is 0 Å². The predicted molar refractivity (Wildman–Crippen MR) is 87.8 cm³/mol. The highest BCUT2D eigenvalue weighted by molar-refractivity contribution is 9.10. The van der Waals surface area contributed by atoms with Crippen molar-refractivity contribution in [1.82, 2.24) is 9.97 Å². The third kappa shape index (κ3) is 3.78. The van der Waals surface area contributed by atoms with Crippen LogP contribution in [0.15, 0.2) is 28.9 Å². The van der Waals surface area contributed by atoms with E-state index >= 15 is 0 Å². The van der Waals surface area contributed by atoms with Gasteiger partial charge in [-0.1, -0.05) is 0 Å². The number of rotatable bonds is 4. The van der Waals surface area contributed by atoms with Crippen molar-refractivity contribution >= 4 is 33.3 Å². The number of hydrogen-bond donors (Lipinski definition) is 2. The van der Waals surface area contributed by atoms with Gasteiger partial charge in [0.25, 0.3) is 5.91 Å². The second-order valence-electron chi connectivity index (χ2n) is 4.62. The van der Waals surface area contributed by atoms with Crippen molar-refractivity contribution in [3.63, 3.8) is 0 Å². The monoisotopic (exact) mass is 348 g/mol. The number of hydrogen-bond acceptors (Lipinski definition) is 4. The van der Waals surface area contributed by atoms with Gasteiger partial charge in [0.05, 0.1) is 16.9 Å². The molecule has 0 bridgehead atoms. The fraction of sp³-hybridized carbons (Fsp3) is 0.267. The lowest BCUT2D eigenvalue weighted by molar-refractivity contribution is 0.102. The van der Waals surface area contributed by atoms with Crippen LogP contribution in [0, 0.1) is 13.8 Å². The van der Waals surface area contributed by atoms with Crippen LogP contribution in [0.1, 0.15) is 28.7 Å². The average Bonchev–Trinajstić information content (AvgIpc) is 2.44. The zero-order chi connectivity index (χ0) is 15.4. The van der Waals surface area contributed by atoms with Crippen molar-refractivity contribution in [2.24, 2.45) is 0 Å². The fourth-order valence-corrected chi connectivity index (χ4v) is 2.26. The number of anilines is 2. The molecule has 0 unspecified atom stereocenters. The summed E-state index contributed by atoms with van der Waals surface area (Å²) in [5.74, 6) is 0.351. The highest BCUT2D eigenvalue weighted by atomic mass is 79.9. The molecule has 0 fully saturated rings. The lowest BCUT2D eigenvalue weighted by Gasteiger charge is -2.12. The van der Waals surface area contributed by atoms with Gasteiger partial charge in [-0.3, -0.25) is 9.78 Å². The van der Waals surface area contributed by atoms with E-state index in [1.54, 1.807) is 12.3 Å². The van der Waals surface area contributed by atoms with Crippen LogP contribution in [-0.2, 0) is 0 Å². The minimum Gasteiger partial charge on any atom is -0.370 e. The Kier molecular flexibility index (Phi) is 4.90. The molecule has 0 aliphatic rings. The molecule has 0 aliphatic carbocycles. The lowest BCUT2D eigenvalue weighted by atomic mass is 10.2. The standard InChI is InChI=1S/C15H17BrN4O/c1-4-17-14-12(7-11(16)8-18-14)15(21)20-13-6-5-9(2)19-10(13)3/h5-8H,4H2,1-3H3,(H,17,18)(H,20,21). The fourth-order valence-electron chi connectivity index (χ4n) is 1.93. The Balaban J connectivity index is 2.29. The van der Waals surface area contributed by atoms with Crippen LogP contribution in [-0.4, -0.2) is 22.4 Å². The number of pyridine rings is 2. The molecule has 0 aliphatic heterocycles. The molecule has 0 aromatic carbocycles. The Morgan fingerprint density at radius 1 is 1.33 bits per heavy atom. The molecule has 21 heavy (non-hydrogen) atoms. The van der Waals surface area contributed by atoms with Gasteiger partial charge in [-0.05, 0) is 54.9 Å². The van der Waals surface area contributed by atoms with Crippen molar-refractivity contribution in [2.75, 3.05) is 17.2 Å². The topological polar surface area (TPSA) is 66.9 Å². The molecule has 2 rings (SSSR count). The summed E-state index contributed by atoms with van der Waals surface area (Å²) in [4.78, 5) is 21.0. The first-order valence-corrected chi connectivity index (χ1v) is 7.45. The van der Waals surface area contributed by atoms with Crippen LogP contribution in [0.4, 0.5) is 11.5 Å². The summed E-state index contributed by atoms with van der Waals surface area (Å²) >= 11 is 3.34. The number of aryl methyl sites for hydroxylation is 2. The van der Waals surface area contributed by atoms with E-state index in [-0.39, 0.29) is 5.91 Å². The van der Waals surface area contributed by atoms with Crippen LogP contribution in [0.2, 0.25) is 0 Å². The largest absolute Gasteiger partial charge is 0.370 e. The molecule has 5 nitrogen and oxygen atoms in total. The molecule has 0 radical (unpaired) electrons. The third-order valence-electron chi connectivity index (χ3n) is 2.92. The maximum Gasteiger partial charge on any atom is 0.259 e. The van der Waals surface area contributed by atoms with Crippen LogP contribution in [0.3, 0.4) is 0 Å². The molecule has 0 saturated heterocycles. The molecule has 110 valence electrons. The first kappa shape index (κ1) is 15.4. The third-order valence-corrected chi connectivity index (χ3v) is 3.35. The van der Waals surface area contributed by atoms with Crippen LogP contribution in [0.25, 0.3) is 0 Å². The van der Waals surface area contributed by atoms with Crippen molar-refractivity contribution in [1.29, 1.82) is 0 Å². The van der Waals surface area contributed by atoms with E-state index in [1.807, 2.05) is 32.9 Å². The summed E-state index contributed by atoms with van der Waals surface area (Å²) in [6.07, 6.45) is 1.66. The van der Waals surface area contributed by atoms with E-state index in [0.717, 1.165) is 15.9 Å². The van der Waals surface area contributed by atoms with Crippen LogP contribution in [0.5, 0.6) is 0 Å². The summed E-state index contributed by atoms with van der Waals surface area (Å²) in [6, 6.07) is 5.47. The summed E-state index contributed by atoms with van der Waals surface area (Å²) in [5.41, 5.74) is 2.90. The maximum absolute atomic E-state index is 12.5. The minimum atomic E-state index is -0.214. The van der Waals surface area contributed by atoms with Gasteiger partial charge in [0, 0.05) is 22.9 Å². The Morgan fingerprint density at radius 3 is 2.76 bits per heavy atom. The van der Waals surface area contributed by atoms with Gasteiger partial charge in [0.2, 0.25) is 0 Å². The number of amides is 1. The molecule has 6 heteroatoms. The summed E-state index contributed by atoms with van der Waals surface area (Å²) in [6.45, 7) is 6.44. The molecule has 2 aromatic heterocycles. The van der Waals surface area contributed by atoms with Gasteiger partial charge >= 0.3 is 0 Å². The second-order valence-corrected chi connectivity index (χ2v) is 5.54. The van der Waals surface area contributed by atoms with E-state index in [9.17, 15) is 4.79 Å². The first-order chi connectivity index (χ1) is 10.0. The predicted octanol–water partition coefficient (Wildman–Crippen LogP) is 3.54. The number of aromatic nitrogens is 2. The van der Waals surface area contributed by atoms with Gasteiger partial charge in [-0.15, -0.1) is 0 Å². The molecule has 0 saturated carbocycles. The summed E-state index contributed by atoms with van der Waals surface area (Å²) < 4.78 is 0.757. The number of halogens is 1. The van der Waals surface area contributed by atoms with Crippen LogP contribution < -0.4 is 10.6 Å². The van der Waals surface area contributed by atoms with Crippen molar-refractivity contribution in [3.05, 3.63) is 45.8 Å². The first-order valence-electron chi connectivity index (χ1n) is 6.66. The lowest BCUT2D eigenvalue weighted by Crippen LogP contribution is -2.16. The van der Waals surface area contributed by atoms with Crippen LogP contribution >= 0.6 is 15.9 Å². The Hall–Kier alpha value is -1.95. The van der Waals surface area contributed by atoms with Crippen molar-refractivity contribution < 1.29 is 4.79 Å².